The number of piperidine rings is 1. The van der Waals surface area contributed by atoms with Gasteiger partial charge in [0.1, 0.15) is 0 Å². The number of likely N-dealkylation sites (tertiary alicyclic amines) is 2. The number of amides is 2. The zero-order valence-corrected chi connectivity index (χ0v) is 19.9. The van der Waals surface area contributed by atoms with Crippen LogP contribution in [0.15, 0.2) is 24.3 Å². The third-order valence-electron chi connectivity index (χ3n) is 9.58. The lowest BCUT2D eigenvalue weighted by Crippen LogP contribution is -2.53. The SMILES string of the molecule is O=C(c1ccc(CNC(=O)C23CC4CC(CC(C4)C2)C3)cc1)N1CCC(N2CCCC2)CC1. The Hall–Kier alpha value is -1.88. The molecule has 178 valence electrons. The quantitative estimate of drug-likeness (QED) is 0.732. The second-order valence-electron chi connectivity index (χ2n) is 11.8. The van der Waals surface area contributed by atoms with Gasteiger partial charge in [0.25, 0.3) is 5.91 Å². The van der Waals surface area contributed by atoms with Gasteiger partial charge in [-0.3, -0.25) is 9.59 Å². The van der Waals surface area contributed by atoms with Crippen LogP contribution in [0, 0.1) is 23.2 Å². The van der Waals surface area contributed by atoms with E-state index >= 15 is 0 Å². The van der Waals surface area contributed by atoms with E-state index in [9.17, 15) is 9.59 Å². The fraction of sp³-hybridized carbons (Fsp3) is 0.714. The average molecular weight is 450 g/mol. The summed E-state index contributed by atoms with van der Waals surface area (Å²) in [7, 11) is 0. The molecule has 6 aliphatic rings. The van der Waals surface area contributed by atoms with Crippen LogP contribution < -0.4 is 5.32 Å². The molecule has 4 bridgehead atoms. The number of benzene rings is 1. The van der Waals surface area contributed by atoms with Gasteiger partial charge in [-0.2, -0.15) is 0 Å². The number of carbonyl (C=O) groups excluding carboxylic acids is 2. The molecule has 4 saturated carbocycles. The van der Waals surface area contributed by atoms with Crippen LogP contribution in [-0.4, -0.2) is 53.8 Å². The van der Waals surface area contributed by atoms with Gasteiger partial charge in [-0.05, 0) is 113 Å². The highest BCUT2D eigenvalue weighted by atomic mass is 16.2. The van der Waals surface area contributed by atoms with Crippen LogP contribution in [0.4, 0.5) is 0 Å². The van der Waals surface area contributed by atoms with Crippen molar-refractivity contribution in [1.82, 2.24) is 15.1 Å². The van der Waals surface area contributed by atoms with Crippen LogP contribution in [0.1, 0.15) is 80.1 Å². The van der Waals surface area contributed by atoms with Gasteiger partial charge in [-0.1, -0.05) is 12.1 Å². The first-order chi connectivity index (χ1) is 16.1. The summed E-state index contributed by atoms with van der Waals surface area (Å²) in [6.07, 6.45) is 12.2. The highest BCUT2D eigenvalue weighted by Crippen LogP contribution is 2.60. The van der Waals surface area contributed by atoms with E-state index in [1.165, 1.54) is 45.2 Å². The van der Waals surface area contributed by atoms with Crippen molar-refractivity contribution in [3.8, 4) is 0 Å². The average Bonchev–Trinajstić information content (AvgIpc) is 3.37. The first-order valence-electron chi connectivity index (χ1n) is 13.5. The van der Waals surface area contributed by atoms with Crippen LogP contribution >= 0.6 is 0 Å². The van der Waals surface area contributed by atoms with Gasteiger partial charge in [0.05, 0.1) is 0 Å². The van der Waals surface area contributed by atoms with E-state index < -0.39 is 0 Å². The molecular formula is C28H39N3O2. The fourth-order valence-electron chi connectivity index (χ4n) is 8.25. The predicted molar refractivity (Wildman–Crippen MR) is 129 cm³/mol. The van der Waals surface area contributed by atoms with Crippen molar-refractivity contribution in [2.45, 2.75) is 76.8 Å². The van der Waals surface area contributed by atoms with Gasteiger partial charge in [0.2, 0.25) is 5.91 Å². The highest BCUT2D eigenvalue weighted by molar-refractivity contribution is 5.94. The molecule has 2 amide bonds. The van der Waals surface area contributed by atoms with E-state index in [1.54, 1.807) is 0 Å². The van der Waals surface area contributed by atoms with Crippen LogP contribution in [0.5, 0.6) is 0 Å². The molecule has 0 spiro atoms. The molecule has 0 unspecified atom stereocenters. The van der Waals surface area contributed by atoms with Crippen LogP contribution in [0.2, 0.25) is 0 Å². The maximum atomic E-state index is 13.2. The monoisotopic (exact) mass is 449 g/mol. The Balaban J connectivity index is 1.01. The van der Waals surface area contributed by atoms with Crippen molar-refractivity contribution in [3.05, 3.63) is 35.4 Å². The van der Waals surface area contributed by atoms with E-state index in [0.29, 0.717) is 12.6 Å². The molecular weight excluding hydrogens is 410 g/mol. The molecule has 4 aliphatic carbocycles. The Morgan fingerprint density at radius 2 is 1.42 bits per heavy atom. The Morgan fingerprint density at radius 3 is 2.00 bits per heavy atom. The third-order valence-corrected chi connectivity index (χ3v) is 9.58. The molecule has 0 atom stereocenters. The topological polar surface area (TPSA) is 52.7 Å². The maximum absolute atomic E-state index is 13.2. The Labute approximate surface area is 198 Å². The standard InChI is InChI=1S/C28H39N3O2/c32-26(31-11-7-25(8-12-31)30-9-1-2-10-30)24-5-3-20(4-6-24)19-29-27(33)28-16-21-13-22(17-28)15-23(14-21)18-28/h3-6,21-23,25H,1-2,7-19H2,(H,29,33). The molecule has 0 aromatic heterocycles. The van der Waals surface area contributed by atoms with Crippen molar-refractivity contribution in [2.24, 2.45) is 23.2 Å². The number of nitrogens with one attached hydrogen (secondary N) is 1. The minimum atomic E-state index is -0.0914. The second-order valence-corrected chi connectivity index (χ2v) is 11.8. The molecule has 2 saturated heterocycles. The van der Waals surface area contributed by atoms with Crippen LogP contribution in [-0.2, 0) is 11.3 Å². The van der Waals surface area contributed by atoms with E-state index in [1.807, 2.05) is 29.2 Å². The van der Waals surface area contributed by atoms with Crippen molar-refractivity contribution < 1.29 is 9.59 Å². The van der Waals surface area contributed by atoms with Crippen LogP contribution in [0.3, 0.4) is 0 Å². The lowest BCUT2D eigenvalue weighted by Gasteiger charge is -2.55. The summed E-state index contributed by atoms with van der Waals surface area (Å²) in [6, 6.07) is 8.59. The Morgan fingerprint density at radius 1 is 0.848 bits per heavy atom. The van der Waals surface area contributed by atoms with Gasteiger partial charge >= 0.3 is 0 Å². The van der Waals surface area contributed by atoms with E-state index in [2.05, 4.69) is 10.2 Å². The van der Waals surface area contributed by atoms with Gasteiger partial charge in [-0.15, -0.1) is 0 Å². The van der Waals surface area contributed by atoms with Crippen molar-refractivity contribution in [1.29, 1.82) is 0 Å². The van der Waals surface area contributed by atoms with Crippen molar-refractivity contribution in [2.75, 3.05) is 26.2 Å². The molecule has 2 aliphatic heterocycles. The zero-order valence-electron chi connectivity index (χ0n) is 19.9. The summed E-state index contributed by atoms with van der Waals surface area (Å²) >= 11 is 0. The molecule has 5 heteroatoms. The van der Waals surface area contributed by atoms with E-state index in [0.717, 1.165) is 74.1 Å². The van der Waals surface area contributed by atoms with Crippen molar-refractivity contribution >= 4 is 11.8 Å². The summed E-state index contributed by atoms with van der Waals surface area (Å²) in [4.78, 5) is 30.8. The number of nitrogens with zero attached hydrogens (tertiary/aromatic N) is 2. The number of hydrogen-bond acceptors (Lipinski definition) is 3. The Kier molecular flexibility index (Phi) is 5.72. The normalized spacial score (nSPS) is 34.1. The maximum Gasteiger partial charge on any atom is 0.253 e. The van der Waals surface area contributed by atoms with Gasteiger partial charge in [-0.25, -0.2) is 0 Å². The summed E-state index contributed by atoms with van der Waals surface area (Å²) in [6.45, 7) is 4.76. The second kappa shape index (κ2) is 8.72. The molecule has 0 radical (unpaired) electrons. The lowest BCUT2D eigenvalue weighted by molar-refractivity contribution is -0.146. The molecule has 1 aromatic rings. The lowest BCUT2D eigenvalue weighted by atomic mass is 9.49. The Bertz CT molecular complexity index is 846. The molecule has 1 aromatic carbocycles. The molecule has 7 rings (SSSR count). The van der Waals surface area contributed by atoms with Crippen molar-refractivity contribution in [3.63, 3.8) is 0 Å². The smallest absolute Gasteiger partial charge is 0.253 e. The molecule has 2 heterocycles. The minimum Gasteiger partial charge on any atom is -0.352 e. The number of hydrogen-bond donors (Lipinski definition) is 1. The first kappa shape index (κ1) is 21.6. The predicted octanol–water partition coefficient (Wildman–Crippen LogP) is 4.22. The van der Waals surface area contributed by atoms with Crippen LogP contribution in [0.25, 0.3) is 0 Å². The zero-order chi connectivity index (χ0) is 22.4. The number of rotatable bonds is 5. The van der Waals surface area contributed by atoms with Gasteiger partial charge in [0.15, 0.2) is 0 Å². The summed E-state index contributed by atoms with van der Waals surface area (Å²) in [5, 5.41) is 3.26. The summed E-state index contributed by atoms with van der Waals surface area (Å²) < 4.78 is 0. The van der Waals surface area contributed by atoms with Gasteiger partial charge in [0, 0.05) is 36.7 Å². The third kappa shape index (κ3) is 4.22. The number of carbonyl (C=O) groups is 2. The molecule has 5 nitrogen and oxygen atoms in total. The fourth-order valence-corrected chi connectivity index (χ4v) is 8.25. The highest BCUT2D eigenvalue weighted by Gasteiger charge is 2.54. The minimum absolute atomic E-state index is 0.0914. The summed E-state index contributed by atoms with van der Waals surface area (Å²) in [5.74, 6) is 2.79. The molecule has 1 N–H and O–H groups in total. The van der Waals surface area contributed by atoms with E-state index in [-0.39, 0.29) is 17.2 Å². The molecule has 33 heavy (non-hydrogen) atoms. The largest absolute Gasteiger partial charge is 0.352 e. The van der Waals surface area contributed by atoms with Gasteiger partial charge < -0.3 is 15.1 Å². The first-order valence-corrected chi connectivity index (χ1v) is 13.5. The molecule has 6 fully saturated rings. The van der Waals surface area contributed by atoms with E-state index in [4.69, 9.17) is 0 Å². The summed E-state index contributed by atoms with van der Waals surface area (Å²) in [5.41, 5.74) is 1.76.